The minimum Gasteiger partial charge on any atom is -0.467 e. The Hall–Kier alpha value is -3.46. The maximum Gasteiger partial charge on any atom is 0.328 e. The van der Waals surface area contributed by atoms with Crippen LogP contribution in [-0.2, 0) is 28.9 Å². The lowest BCUT2D eigenvalue weighted by molar-refractivity contribution is -0.142. The van der Waals surface area contributed by atoms with Crippen molar-refractivity contribution in [1.29, 1.82) is 0 Å². The summed E-state index contributed by atoms with van der Waals surface area (Å²) < 4.78 is 6.73. The number of ether oxygens (including phenoxy) is 1. The third kappa shape index (κ3) is 3.90. The van der Waals surface area contributed by atoms with Gasteiger partial charge in [0.2, 0.25) is 0 Å². The van der Waals surface area contributed by atoms with Gasteiger partial charge in [-0.3, -0.25) is 14.2 Å². The fraction of sp³-hybridized carbons (Fsp3) is 0.360. The molecule has 8 nitrogen and oxygen atoms in total. The maximum absolute atomic E-state index is 13.3. The molecule has 0 bridgehead atoms. The van der Waals surface area contributed by atoms with Crippen molar-refractivity contribution < 1.29 is 14.3 Å². The largest absolute Gasteiger partial charge is 0.467 e. The van der Waals surface area contributed by atoms with Gasteiger partial charge in [0, 0.05) is 36.5 Å². The molecule has 3 aromatic heterocycles. The van der Waals surface area contributed by atoms with Crippen molar-refractivity contribution in [3.63, 3.8) is 0 Å². The fourth-order valence-corrected chi connectivity index (χ4v) is 5.80. The second-order valence-electron chi connectivity index (χ2n) is 8.64. The van der Waals surface area contributed by atoms with Crippen LogP contribution in [0.2, 0.25) is 0 Å². The van der Waals surface area contributed by atoms with Gasteiger partial charge in [0.05, 0.1) is 17.4 Å². The summed E-state index contributed by atoms with van der Waals surface area (Å²) in [6, 6.07) is 6.92. The molecule has 0 saturated carbocycles. The molecule has 1 aromatic carbocycles. The lowest BCUT2D eigenvalue weighted by atomic mass is 10.0. The summed E-state index contributed by atoms with van der Waals surface area (Å²) >= 11 is 1.20. The minimum atomic E-state index is -0.868. The number of nitrogens with zero attached hydrogens (tertiary/aromatic N) is 2. The molecule has 0 spiro atoms. The maximum atomic E-state index is 13.3. The number of carbonyl (C=O) groups is 2. The van der Waals surface area contributed by atoms with Crippen LogP contribution in [0.3, 0.4) is 0 Å². The van der Waals surface area contributed by atoms with Crippen LogP contribution in [0.4, 0.5) is 0 Å². The van der Waals surface area contributed by atoms with E-state index in [0.717, 1.165) is 48.0 Å². The van der Waals surface area contributed by atoms with Gasteiger partial charge in [-0.05, 0) is 37.0 Å². The molecule has 2 N–H and O–H groups in total. The van der Waals surface area contributed by atoms with Crippen LogP contribution in [0.5, 0.6) is 0 Å². The number of fused-ring (bicyclic) bond motifs is 3. The monoisotopic (exact) mass is 478 g/mol. The van der Waals surface area contributed by atoms with Gasteiger partial charge < -0.3 is 15.0 Å². The number of aromatic nitrogens is 3. The summed E-state index contributed by atoms with van der Waals surface area (Å²) in [6.07, 6.45) is 5.92. The first-order chi connectivity index (χ1) is 16.5. The molecule has 5 rings (SSSR count). The van der Waals surface area contributed by atoms with Gasteiger partial charge in [0.15, 0.2) is 0 Å². The van der Waals surface area contributed by atoms with Crippen molar-refractivity contribution in [3.8, 4) is 0 Å². The van der Waals surface area contributed by atoms with E-state index in [-0.39, 0.29) is 12.0 Å². The number of thiophene rings is 1. The highest BCUT2D eigenvalue weighted by Gasteiger charge is 2.27. The van der Waals surface area contributed by atoms with E-state index in [2.05, 4.69) is 10.3 Å². The Balaban J connectivity index is 1.47. The minimum absolute atomic E-state index is 0.0852. The fourth-order valence-electron chi connectivity index (χ4n) is 4.71. The molecule has 4 aromatic rings. The van der Waals surface area contributed by atoms with E-state index in [1.807, 2.05) is 30.5 Å². The van der Waals surface area contributed by atoms with Gasteiger partial charge in [-0.15, -0.1) is 11.3 Å². The van der Waals surface area contributed by atoms with E-state index in [0.29, 0.717) is 27.2 Å². The molecule has 1 aliphatic rings. The molecular formula is C25H26N4O4S. The number of hydrogen-bond donors (Lipinski definition) is 2. The number of amides is 1. The lowest BCUT2D eigenvalue weighted by Crippen LogP contribution is -2.43. The number of esters is 1. The predicted molar refractivity (Wildman–Crippen MR) is 131 cm³/mol. The zero-order chi connectivity index (χ0) is 23.8. The molecule has 34 heavy (non-hydrogen) atoms. The van der Waals surface area contributed by atoms with Gasteiger partial charge in [-0.1, -0.05) is 24.6 Å². The zero-order valence-corrected chi connectivity index (χ0v) is 20.0. The molecule has 0 fully saturated rings. The van der Waals surface area contributed by atoms with Crippen molar-refractivity contribution in [2.75, 3.05) is 7.11 Å². The van der Waals surface area contributed by atoms with E-state index in [9.17, 15) is 14.4 Å². The first-order valence-electron chi connectivity index (χ1n) is 11.4. The van der Waals surface area contributed by atoms with Crippen LogP contribution in [0.25, 0.3) is 21.1 Å². The smallest absolute Gasteiger partial charge is 0.328 e. The molecule has 4 heterocycles. The number of para-hydroxylation sites is 1. The van der Waals surface area contributed by atoms with Crippen molar-refractivity contribution in [2.45, 2.75) is 51.6 Å². The third-order valence-electron chi connectivity index (χ3n) is 6.51. The summed E-state index contributed by atoms with van der Waals surface area (Å²) in [6.45, 7) is 2.43. The van der Waals surface area contributed by atoms with E-state index in [1.54, 1.807) is 11.5 Å². The second-order valence-corrected chi connectivity index (χ2v) is 9.64. The van der Waals surface area contributed by atoms with Crippen molar-refractivity contribution in [2.24, 2.45) is 0 Å². The highest BCUT2D eigenvalue weighted by Crippen LogP contribution is 2.29. The summed E-state index contributed by atoms with van der Waals surface area (Å²) in [5.74, 6) is -0.146. The summed E-state index contributed by atoms with van der Waals surface area (Å²) in [5, 5.41) is 4.32. The Kier molecular flexibility index (Phi) is 5.95. The topological polar surface area (TPSA) is 106 Å². The summed E-state index contributed by atoms with van der Waals surface area (Å²) in [7, 11) is 1.30. The number of aromatic amines is 1. The number of benzene rings is 1. The zero-order valence-electron chi connectivity index (χ0n) is 19.1. The number of rotatable bonds is 5. The Morgan fingerprint density at radius 1 is 1.26 bits per heavy atom. The van der Waals surface area contributed by atoms with Crippen LogP contribution in [0.1, 0.15) is 45.9 Å². The number of methoxy groups -OCH3 is 1. The molecule has 0 unspecified atom stereocenters. The van der Waals surface area contributed by atoms with Crippen LogP contribution in [0, 0.1) is 6.92 Å². The van der Waals surface area contributed by atoms with E-state index in [4.69, 9.17) is 9.72 Å². The summed E-state index contributed by atoms with van der Waals surface area (Å²) in [4.78, 5) is 48.0. The second kappa shape index (κ2) is 9.06. The summed E-state index contributed by atoms with van der Waals surface area (Å²) in [5.41, 5.74) is 2.38. The predicted octanol–water partition coefficient (Wildman–Crippen LogP) is 3.49. The number of H-pyrrole nitrogens is 1. The molecule has 1 aliphatic heterocycles. The molecule has 0 saturated heterocycles. The quantitative estimate of drug-likeness (QED) is 0.427. The van der Waals surface area contributed by atoms with Gasteiger partial charge in [0.25, 0.3) is 11.5 Å². The first kappa shape index (κ1) is 22.3. The molecule has 9 heteroatoms. The van der Waals surface area contributed by atoms with Crippen LogP contribution in [0.15, 0.2) is 35.3 Å². The Bertz CT molecular complexity index is 1470. The van der Waals surface area contributed by atoms with E-state index >= 15 is 0 Å². The molecule has 1 amide bonds. The molecular weight excluding hydrogens is 452 g/mol. The Morgan fingerprint density at radius 3 is 2.91 bits per heavy atom. The van der Waals surface area contributed by atoms with Crippen molar-refractivity contribution in [1.82, 2.24) is 19.9 Å². The lowest BCUT2D eigenvalue weighted by Gasteiger charge is -2.16. The average Bonchev–Trinajstić information content (AvgIpc) is 3.30. The molecule has 0 aliphatic carbocycles. The van der Waals surface area contributed by atoms with E-state index in [1.165, 1.54) is 18.4 Å². The molecule has 1 atom stereocenters. The van der Waals surface area contributed by atoms with Crippen molar-refractivity contribution >= 4 is 44.3 Å². The normalized spacial score (nSPS) is 14.5. The first-order valence-corrected chi connectivity index (χ1v) is 12.3. The standard InChI is InChI=1S/C25H26N4O4S/c1-14-20-23(28-19-10-4-3-7-11-29(19)24(20)31)34-21(14)22(30)27-18(25(32)33-2)12-15-13-26-17-9-6-5-8-16(15)17/h5-6,8-9,13,18,26H,3-4,7,10-12H2,1-2H3,(H,27,30)/t18-/m1/s1. The SMILES string of the molecule is COC(=O)[C@@H](Cc1c[nH]c2ccccc12)NC(=O)c1sc2nc3n(c(=O)c2c1C)CCCCC3. The Morgan fingerprint density at radius 2 is 2.09 bits per heavy atom. The number of nitrogens with one attached hydrogen (secondary N) is 2. The third-order valence-corrected chi connectivity index (χ3v) is 7.69. The highest BCUT2D eigenvalue weighted by atomic mass is 32.1. The van der Waals surface area contributed by atoms with Crippen LogP contribution in [-0.4, -0.2) is 39.6 Å². The van der Waals surface area contributed by atoms with E-state index < -0.39 is 17.9 Å². The Labute approximate surface area is 200 Å². The van der Waals surface area contributed by atoms with Gasteiger partial charge in [0.1, 0.15) is 16.7 Å². The van der Waals surface area contributed by atoms with Crippen molar-refractivity contribution in [3.05, 3.63) is 62.6 Å². The molecule has 0 radical (unpaired) electrons. The highest BCUT2D eigenvalue weighted by molar-refractivity contribution is 7.20. The molecule has 176 valence electrons. The van der Waals surface area contributed by atoms with Crippen LogP contribution >= 0.6 is 11.3 Å². The van der Waals surface area contributed by atoms with Gasteiger partial charge >= 0.3 is 5.97 Å². The number of carbonyl (C=O) groups excluding carboxylic acids is 2. The number of aryl methyl sites for hydroxylation is 2. The van der Waals surface area contributed by atoms with Gasteiger partial charge in [-0.25, -0.2) is 9.78 Å². The van der Waals surface area contributed by atoms with Gasteiger partial charge in [-0.2, -0.15) is 0 Å². The average molecular weight is 479 g/mol. The van der Waals surface area contributed by atoms with Crippen LogP contribution < -0.4 is 10.9 Å². The number of hydrogen-bond acceptors (Lipinski definition) is 6.